The number of carbonyl (C=O) groups is 12. The molecule has 6 amide bonds. The molecule has 96 heavy (non-hydrogen) atoms. The van der Waals surface area contributed by atoms with Crippen molar-refractivity contribution >= 4 is 71.3 Å². The third-order valence-corrected chi connectivity index (χ3v) is 18.2. The van der Waals surface area contributed by atoms with Gasteiger partial charge in [-0.1, -0.05) is 109 Å². The summed E-state index contributed by atoms with van der Waals surface area (Å²) in [4.78, 5) is 162. The first-order chi connectivity index (χ1) is 46.4. The van der Waals surface area contributed by atoms with Gasteiger partial charge in [-0.3, -0.25) is 28.8 Å². The van der Waals surface area contributed by atoms with Gasteiger partial charge in [-0.2, -0.15) is 0 Å². The predicted molar refractivity (Wildman–Crippen MR) is 336 cm³/mol. The number of ether oxygens (including phenoxy) is 6. The molecule has 24 heteroatoms. The maximum absolute atomic E-state index is 14.4. The molecular weight excluding hydrogens is 1240 g/mol. The van der Waals surface area contributed by atoms with Gasteiger partial charge in [-0.25, -0.2) is 28.8 Å². The molecule has 0 radical (unpaired) electrons. The molecule has 0 aromatic heterocycles. The monoisotopic (exact) mass is 1300 g/mol. The molecule has 12 bridgehead atoms. The molecule has 0 spiro atoms. The third kappa shape index (κ3) is 14.1. The zero-order chi connectivity index (χ0) is 66.7. The van der Waals surface area contributed by atoms with Gasteiger partial charge in [0.1, 0.15) is 70.7 Å². The number of esters is 6. The zero-order valence-corrected chi connectivity index (χ0v) is 51.9. The fourth-order valence-corrected chi connectivity index (χ4v) is 13.3. The van der Waals surface area contributed by atoms with E-state index in [9.17, 15) is 57.5 Å². The highest BCUT2D eigenvalue weighted by Crippen LogP contribution is 2.42. The Hall–Kier alpha value is -11.0. The third-order valence-electron chi connectivity index (χ3n) is 18.2. The number of hydrogen-bond acceptors (Lipinski definition) is 18. The minimum absolute atomic E-state index is 0.0673. The Morgan fingerprint density at radius 3 is 0.458 bits per heavy atom. The van der Waals surface area contributed by atoms with Gasteiger partial charge in [0.15, 0.2) is 0 Å². The lowest BCUT2D eigenvalue weighted by atomic mass is 9.91. The lowest BCUT2D eigenvalue weighted by Crippen LogP contribution is -2.37. The quantitative estimate of drug-likeness (QED) is 0.0716. The minimum Gasteiger partial charge on any atom is -0.424 e. The molecule has 1 aliphatic carbocycles. The van der Waals surface area contributed by atoms with E-state index in [-0.39, 0.29) is 186 Å². The van der Waals surface area contributed by atoms with E-state index in [4.69, 9.17) is 28.4 Å². The second-order valence-corrected chi connectivity index (χ2v) is 25.0. The molecule has 492 valence electrons. The van der Waals surface area contributed by atoms with Crippen molar-refractivity contribution in [3.8, 4) is 34.5 Å². The molecular formula is C72H66N6O18. The summed E-state index contributed by atoms with van der Waals surface area (Å²) in [6.45, 7) is 0. The number of fused-ring (bicyclic) bond motifs is 12. The largest absolute Gasteiger partial charge is 0.424 e. The highest BCUT2D eigenvalue weighted by molar-refractivity contribution is 5.93. The molecule has 1 unspecified atom stereocenters. The van der Waals surface area contributed by atoms with Crippen molar-refractivity contribution in [2.24, 2.45) is 0 Å². The van der Waals surface area contributed by atoms with Crippen LogP contribution < -0.4 is 60.3 Å². The van der Waals surface area contributed by atoms with Gasteiger partial charge in [0.25, 0.3) is 0 Å². The van der Waals surface area contributed by atoms with Gasteiger partial charge in [-0.05, 0) is 105 Å². The van der Waals surface area contributed by atoms with Crippen LogP contribution in [0.5, 0.6) is 34.5 Å². The van der Waals surface area contributed by atoms with Crippen LogP contribution in [0, 0.1) is 0 Å². The van der Waals surface area contributed by atoms with E-state index >= 15 is 0 Å². The van der Waals surface area contributed by atoms with Crippen LogP contribution in [0.4, 0.5) is 0 Å². The first-order valence-electron chi connectivity index (χ1n) is 32.1. The van der Waals surface area contributed by atoms with E-state index in [0.29, 0.717) is 66.8 Å². The van der Waals surface area contributed by atoms with Crippen molar-refractivity contribution in [3.05, 3.63) is 176 Å². The van der Waals surface area contributed by atoms with Gasteiger partial charge < -0.3 is 60.3 Å². The smallest absolute Gasteiger partial charge is 0.334 e. The lowest BCUT2D eigenvalue weighted by Gasteiger charge is -2.23. The number of amides is 6. The van der Waals surface area contributed by atoms with Crippen molar-refractivity contribution in [2.75, 3.05) is 0 Å². The van der Waals surface area contributed by atoms with Gasteiger partial charge in [0, 0.05) is 77.0 Å². The summed E-state index contributed by atoms with van der Waals surface area (Å²) >= 11 is 0. The first-order valence-corrected chi connectivity index (χ1v) is 32.1. The Morgan fingerprint density at radius 2 is 0.354 bits per heavy atom. The summed E-state index contributed by atoms with van der Waals surface area (Å²) in [5.41, 5.74) is 4.81. The van der Waals surface area contributed by atoms with Crippen LogP contribution in [-0.2, 0) is 96.1 Å². The molecule has 6 saturated heterocycles. The lowest BCUT2D eigenvalue weighted by molar-refractivity contribution is -0.138. The number of rotatable bonds is 12. The maximum atomic E-state index is 14.4. The Labute approximate surface area is 549 Å². The molecule has 6 N–H and O–H groups in total. The van der Waals surface area contributed by atoms with Crippen molar-refractivity contribution < 1.29 is 86.0 Å². The normalized spacial score (nSPS) is 21.2. The second-order valence-electron chi connectivity index (χ2n) is 25.0. The van der Waals surface area contributed by atoms with E-state index in [1.807, 2.05) is 0 Å². The average Bonchev–Trinajstić information content (AvgIpc) is 1.95. The summed E-state index contributed by atoms with van der Waals surface area (Å²) in [5.74, 6) is -6.27. The van der Waals surface area contributed by atoms with Crippen LogP contribution in [0.1, 0.15) is 144 Å². The van der Waals surface area contributed by atoms with Crippen LogP contribution in [0.25, 0.3) is 0 Å². The average molecular weight is 1300 g/mol. The topological polar surface area (TPSA) is 332 Å². The van der Waals surface area contributed by atoms with Gasteiger partial charge in [-0.15, -0.1) is 0 Å². The van der Waals surface area contributed by atoms with E-state index in [0.717, 1.165) is 0 Å². The van der Waals surface area contributed by atoms with Gasteiger partial charge in [0.05, 0.1) is 0 Å². The zero-order valence-electron chi connectivity index (χ0n) is 51.9. The van der Waals surface area contributed by atoms with Gasteiger partial charge >= 0.3 is 35.8 Å². The van der Waals surface area contributed by atoms with Crippen molar-refractivity contribution in [1.29, 1.82) is 0 Å². The Morgan fingerprint density at radius 1 is 0.229 bits per heavy atom. The van der Waals surface area contributed by atoms with Crippen LogP contribution in [0.2, 0.25) is 0 Å². The predicted octanol–water partition coefficient (Wildman–Crippen LogP) is 4.65. The minimum atomic E-state index is -1.01. The summed E-state index contributed by atoms with van der Waals surface area (Å²) in [7, 11) is 0. The number of para-hydroxylation sites is 6. The number of carbonyl (C=O) groups excluding carboxylic acids is 12. The molecule has 24 nitrogen and oxygen atoms in total. The Bertz CT molecular complexity index is 3460. The summed E-state index contributed by atoms with van der Waals surface area (Å²) in [6.07, 6.45) is 0.859. The molecule has 6 aromatic rings. The van der Waals surface area contributed by atoms with Crippen LogP contribution in [0.15, 0.2) is 109 Å². The van der Waals surface area contributed by atoms with Crippen molar-refractivity contribution in [3.63, 3.8) is 0 Å². The van der Waals surface area contributed by atoms with Crippen LogP contribution in [-0.4, -0.2) is 108 Å². The van der Waals surface area contributed by atoms with E-state index in [1.54, 1.807) is 109 Å². The summed E-state index contributed by atoms with van der Waals surface area (Å²) < 4.78 is 38.5. The molecule has 6 aromatic carbocycles. The molecule has 6 atom stereocenters. The number of benzene rings is 6. The summed E-state index contributed by atoms with van der Waals surface area (Å²) in [6, 6.07) is 25.0. The maximum Gasteiger partial charge on any atom is 0.334 e. The molecule has 6 heterocycles. The Kier molecular flexibility index (Phi) is 18.2. The first kappa shape index (κ1) is 63.7. The van der Waals surface area contributed by atoms with Crippen molar-refractivity contribution in [1.82, 2.24) is 31.9 Å². The molecule has 6 aliphatic heterocycles. The molecule has 13 rings (SSSR count). The highest BCUT2D eigenvalue weighted by atomic mass is 16.6. The molecule has 6 fully saturated rings. The molecule has 0 saturated carbocycles. The number of nitrogens with one attached hydrogen (secondary N) is 6. The van der Waals surface area contributed by atoms with E-state index in [1.165, 1.54) is 0 Å². The fraction of sp³-hybridized carbons (Fsp3) is 0.333. The number of hydrogen-bond donors (Lipinski definition) is 6. The fourth-order valence-electron chi connectivity index (χ4n) is 13.3. The summed E-state index contributed by atoms with van der Waals surface area (Å²) in [5, 5.41) is 16.1. The van der Waals surface area contributed by atoms with Crippen molar-refractivity contribution in [2.45, 2.75) is 152 Å². The van der Waals surface area contributed by atoms with Crippen LogP contribution >= 0.6 is 0 Å². The second kappa shape index (κ2) is 27.5. The van der Waals surface area contributed by atoms with Crippen LogP contribution in [0.3, 0.4) is 0 Å². The Balaban J connectivity index is 1.02. The highest BCUT2D eigenvalue weighted by Gasteiger charge is 2.38. The van der Waals surface area contributed by atoms with E-state index in [2.05, 4.69) is 31.9 Å². The van der Waals surface area contributed by atoms with E-state index < -0.39 is 72.1 Å². The van der Waals surface area contributed by atoms with Gasteiger partial charge in [0.2, 0.25) is 35.4 Å². The molecule has 7 aliphatic rings. The standard InChI is InChI=1S/C72H66N6O18/c79-55-25-19-49(73-55)67(85)91-61-37-7-1-8-38(61)32-40-10-3-12-42(63(40)93-69(87)51-21-27-57(81)75-51)34-44-14-5-16-46(65(44)95-71(89)53-23-29-59(83)77-53)36-48-18-6-17-47(66(48)96-72(90)54-24-30-60(84)78-54)35-45-15-4-13-43(64(45)94-70(88)52-22-28-58(82)76-52)33-41-11-2-9-39(31-37)62(41)92-68(86)50-20-26-56(80)74-50/h1-18,49-54H,19-36H2,(H,73,79)(H,74,80)(H,75,81)(H,76,82)(H,77,83)(H,78,84)/t49-,50-,51-,52-,53-,54?/m0/s1. The SMILES string of the molecule is O=C1CCC(C(=O)Oc2c3cccc2Cc2cccc(c2OC(=O)[C@@H]2CCC(=O)N2)Cc2cccc(c2OC(=O)[C@@H]2CCC(=O)N2)Cc2cccc(c2OC(=O)[C@@H]2CCC(=O)N2)Cc2cccc(c2OC(=O)[C@@H]2CCC(=O)N2)Cc2cccc(c2OC(=O)[C@@H]2CCC(=O)N2)C3)N1.